The Kier molecular flexibility index (Phi) is 9.98. The molecule has 0 aliphatic rings. The van der Waals surface area contributed by atoms with Crippen LogP contribution >= 0.6 is 0 Å². The molecule has 4 rings (SSSR count). The van der Waals surface area contributed by atoms with Crippen LogP contribution in [0.1, 0.15) is 35.1 Å². The van der Waals surface area contributed by atoms with Crippen LogP contribution in [-0.4, -0.2) is 70.8 Å². The molecule has 2 aromatic carbocycles. The number of hydroxylamine groups is 2. The summed E-state index contributed by atoms with van der Waals surface area (Å²) in [5, 5.41) is 25.4. The Balaban J connectivity index is 0.000000218. The van der Waals surface area contributed by atoms with E-state index >= 15 is 0 Å². The number of ether oxygens (including phenoxy) is 2. The van der Waals surface area contributed by atoms with E-state index in [4.69, 9.17) is 28.3 Å². The van der Waals surface area contributed by atoms with Crippen LogP contribution in [0.4, 0.5) is 0 Å². The van der Waals surface area contributed by atoms with Gasteiger partial charge in [-0.05, 0) is 35.4 Å². The number of likely N-dealkylation sites (N-methyl/N-ethyl adjacent to an activating group) is 1. The van der Waals surface area contributed by atoms with Crippen LogP contribution < -0.4 is 0 Å². The van der Waals surface area contributed by atoms with E-state index in [9.17, 15) is 9.59 Å². The number of aromatic nitrogens is 4. The fraction of sp³-hybridized carbons (Fsp3) is 0.308. The first-order chi connectivity index (χ1) is 18.7. The third kappa shape index (κ3) is 7.31. The van der Waals surface area contributed by atoms with Crippen molar-refractivity contribution in [1.82, 2.24) is 25.5 Å². The first kappa shape index (κ1) is 29.1. The maximum Gasteiger partial charge on any atom is 0.337 e. The van der Waals surface area contributed by atoms with Gasteiger partial charge in [0.25, 0.3) is 5.91 Å². The average Bonchev–Trinajstić information content (AvgIpc) is 3.58. The first-order valence-corrected chi connectivity index (χ1v) is 11.6. The highest BCUT2D eigenvalue weighted by molar-refractivity contribution is 5.81. The number of benzene rings is 2. The van der Waals surface area contributed by atoms with E-state index < -0.39 is 18.2 Å². The first-order valence-electron chi connectivity index (χ1n) is 11.6. The van der Waals surface area contributed by atoms with Crippen LogP contribution in [0.25, 0.3) is 22.9 Å². The molecule has 0 radical (unpaired) electrons. The number of carboxylic acid groups (broad SMARTS) is 1. The van der Waals surface area contributed by atoms with Crippen molar-refractivity contribution >= 4 is 11.9 Å². The zero-order valence-corrected chi connectivity index (χ0v) is 22.3. The third-order valence-electron chi connectivity index (χ3n) is 5.48. The van der Waals surface area contributed by atoms with E-state index in [0.717, 1.165) is 16.2 Å². The quantitative estimate of drug-likeness (QED) is 0.308. The lowest BCUT2D eigenvalue weighted by atomic mass is 10.1. The zero-order valence-electron chi connectivity index (χ0n) is 22.3. The molecule has 2 heterocycles. The number of nitrogens with zero attached hydrogens (tertiary/aromatic N) is 5. The lowest BCUT2D eigenvalue weighted by molar-refractivity contribution is -0.179. The molecule has 0 bridgehead atoms. The smallest absolute Gasteiger partial charge is 0.337 e. The Morgan fingerprint density at radius 2 is 1.15 bits per heavy atom. The Morgan fingerprint density at radius 1 is 0.744 bits per heavy atom. The van der Waals surface area contributed by atoms with Gasteiger partial charge in [-0.2, -0.15) is 0 Å². The van der Waals surface area contributed by atoms with Crippen LogP contribution in [0.5, 0.6) is 0 Å². The molecular formula is C26H29N5O8. The Morgan fingerprint density at radius 3 is 1.46 bits per heavy atom. The number of carbonyl (C=O) groups excluding carboxylic acids is 1. The summed E-state index contributed by atoms with van der Waals surface area (Å²) in [4.78, 5) is 27.9. The van der Waals surface area contributed by atoms with E-state index in [1.807, 2.05) is 0 Å². The molecule has 206 valence electrons. The van der Waals surface area contributed by atoms with E-state index in [0.29, 0.717) is 34.7 Å². The van der Waals surface area contributed by atoms with Gasteiger partial charge < -0.3 is 23.4 Å². The Hall–Kier alpha value is -4.46. The van der Waals surface area contributed by atoms with Crippen LogP contribution in [-0.2, 0) is 23.9 Å². The number of carboxylic acids is 1. The molecule has 0 saturated carbocycles. The standard InChI is InChI=1S/C14H17N3O4.C12H12N2O4/c1-9-15-16-13(21-9)11-7-5-10(6-8-11)12(19-3)14(18)17(2)20-4;1-7-13-14-11(18-7)9-5-3-8(4-6-9)10(17-2)12(15)16/h5-8,12H,1-4H3;3-6,10H,1-2H3,(H,15,16). The van der Waals surface area contributed by atoms with E-state index in [2.05, 4.69) is 20.4 Å². The van der Waals surface area contributed by atoms with Gasteiger partial charge in [0.2, 0.25) is 23.6 Å². The molecule has 0 spiro atoms. The number of amides is 1. The second-order valence-electron chi connectivity index (χ2n) is 8.08. The number of rotatable bonds is 9. The Labute approximate surface area is 224 Å². The monoisotopic (exact) mass is 539 g/mol. The number of aryl methyl sites for hydroxylation is 2. The van der Waals surface area contributed by atoms with Crippen molar-refractivity contribution in [3.8, 4) is 22.9 Å². The third-order valence-corrected chi connectivity index (χ3v) is 5.48. The molecule has 0 aliphatic heterocycles. The molecule has 1 amide bonds. The molecule has 2 aromatic heterocycles. The van der Waals surface area contributed by atoms with Gasteiger partial charge in [0, 0.05) is 46.2 Å². The molecule has 2 unspecified atom stereocenters. The topological polar surface area (TPSA) is 163 Å². The minimum atomic E-state index is -1.03. The zero-order chi connectivity index (χ0) is 28.5. The molecule has 0 fully saturated rings. The molecule has 13 nitrogen and oxygen atoms in total. The fourth-order valence-electron chi connectivity index (χ4n) is 3.44. The SMILES string of the molecule is COC(C(=O)N(C)OC)c1ccc(-c2nnc(C)o2)cc1.COC(C(=O)O)c1ccc(-c2nnc(C)o2)cc1. The number of carbonyl (C=O) groups is 2. The van der Waals surface area contributed by atoms with Gasteiger partial charge >= 0.3 is 5.97 Å². The van der Waals surface area contributed by atoms with Crippen LogP contribution in [0.2, 0.25) is 0 Å². The predicted molar refractivity (Wildman–Crippen MR) is 136 cm³/mol. The van der Waals surface area contributed by atoms with Crippen LogP contribution in [0.3, 0.4) is 0 Å². The molecule has 1 N–H and O–H groups in total. The lowest BCUT2D eigenvalue weighted by Crippen LogP contribution is -2.31. The molecule has 13 heteroatoms. The van der Waals surface area contributed by atoms with Crippen LogP contribution in [0, 0.1) is 13.8 Å². The van der Waals surface area contributed by atoms with Gasteiger partial charge in [-0.15, -0.1) is 20.4 Å². The summed E-state index contributed by atoms with van der Waals surface area (Å²) >= 11 is 0. The van der Waals surface area contributed by atoms with E-state index in [1.54, 1.807) is 62.4 Å². The Bertz CT molecular complexity index is 1370. The molecule has 2 atom stereocenters. The summed E-state index contributed by atoms with van der Waals surface area (Å²) < 4.78 is 20.8. The summed E-state index contributed by atoms with van der Waals surface area (Å²) in [6, 6.07) is 13.9. The number of methoxy groups -OCH3 is 2. The van der Waals surface area contributed by atoms with Crippen molar-refractivity contribution < 1.29 is 37.8 Å². The fourth-order valence-corrected chi connectivity index (χ4v) is 3.44. The van der Waals surface area contributed by atoms with E-state index in [1.165, 1.54) is 28.4 Å². The van der Waals surface area contributed by atoms with E-state index in [-0.39, 0.29) is 5.91 Å². The van der Waals surface area contributed by atoms with Gasteiger partial charge in [-0.25, -0.2) is 9.86 Å². The van der Waals surface area contributed by atoms with Crippen molar-refractivity contribution in [2.45, 2.75) is 26.1 Å². The second kappa shape index (κ2) is 13.4. The van der Waals surface area contributed by atoms with Gasteiger partial charge in [0.1, 0.15) is 0 Å². The number of aliphatic carboxylic acids is 1. The summed E-state index contributed by atoms with van der Waals surface area (Å²) in [6.45, 7) is 3.43. The summed E-state index contributed by atoms with van der Waals surface area (Å²) in [5.41, 5.74) is 2.79. The van der Waals surface area contributed by atoms with Crippen molar-refractivity contribution in [3.05, 3.63) is 71.4 Å². The minimum absolute atomic E-state index is 0.290. The van der Waals surface area contributed by atoms with Gasteiger partial charge in [-0.3, -0.25) is 9.63 Å². The molecular weight excluding hydrogens is 510 g/mol. The maximum atomic E-state index is 12.1. The maximum absolute atomic E-state index is 12.1. The predicted octanol–water partition coefficient (Wildman–Crippen LogP) is 3.57. The van der Waals surface area contributed by atoms with Gasteiger partial charge in [0.15, 0.2) is 12.2 Å². The van der Waals surface area contributed by atoms with Gasteiger partial charge in [0.05, 0.1) is 7.11 Å². The molecule has 4 aromatic rings. The van der Waals surface area contributed by atoms with Crippen molar-refractivity contribution in [2.24, 2.45) is 0 Å². The van der Waals surface area contributed by atoms with Crippen molar-refractivity contribution in [1.29, 1.82) is 0 Å². The van der Waals surface area contributed by atoms with Crippen molar-refractivity contribution in [3.63, 3.8) is 0 Å². The lowest BCUT2D eigenvalue weighted by Gasteiger charge is -2.20. The normalized spacial score (nSPS) is 12.3. The minimum Gasteiger partial charge on any atom is -0.479 e. The second-order valence-corrected chi connectivity index (χ2v) is 8.08. The summed E-state index contributed by atoms with van der Waals surface area (Å²) in [6.07, 6.45) is -1.70. The summed E-state index contributed by atoms with van der Waals surface area (Å²) in [7, 11) is 5.78. The molecule has 0 saturated heterocycles. The number of hydrogen-bond donors (Lipinski definition) is 1. The van der Waals surface area contributed by atoms with Gasteiger partial charge in [-0.1, -0.05) is 24.3 Å². The average molecular weight is 540 g/mol. The highest BCUT2D eigenvalue weighted by atomic mass is 16.7. The highest BCUT2D eigenvalue weighted by Gasteiger charge is 2.24. The highest BCUT2D eigenvalue weighted by Crippen LogP contribution is 2.24. The molecule has 0 aliphatic carbocycles. The number of hydrogen-bond acceptors (Lipinski definition) is 11. The molecule has 39 heavy (non-hydrogen) atoms. The van der Waals surface area contributed by atoms with Crippen molar-refractivity contribution in [2.75, 3.05) is 28.4 Å². The van der Waals surface area contributed by atoms with Crippen LogP contribution in [0.15, 0.2) is 57.4 Å². The summed E-state index contributed by atoms with van der Waals surface area (Å²) in [5.74, 6) is 0.507. The largest absolute Gasteiger partial charge is 0.479 e.